The van der Waals surface area contributed by atoms with Gasteiger partial charge in [-0.25, -0.2) is 4.79 Å². The van der Waals surface area contributed by atoms with Crippen LogP contribution in [0.2, 0.25) is 0 Å². The Hall–Kier alpha value is -2.05. The quantitative estimate of drug-likeness (QED) is 0.928. The Morgan fingerprint density at radius 1 is 1.24 bits per heavy atom. The molecule has 6 heteroatoms. The molecule has 134 valence electrons. The van der Waals surface area contributed by atoms with Crippen LogP contribution in [0.25, 0.3) is 11.0 Å². The molecule has 25 heavy (non-hydrogen) atoms. The second kappa shape index (κ2) is 6.69. The van der Waals surface area contributed by atoms with E-state index in [4.69, 9.17) is 13.9 Å². The highest BCUT2D eigenvalue weighted by Crippen LogP contribution is 2.35. The van der Waals surface area contributed by atoms with E-state index in [1.807, 2.05) is 30.3 Å². The molecule has 1 aliphatic heterocycles. The van der Waals surface area contributed by atoms with Crippen LogP contribution in [0.15, 0.2) is 34.7 Å². The van der Waals surface area contributed by atoms with E-state index in [0.717, 1.165) is 42.4 Å². The molecule has 6 nitrogen and oxygen atoms in total. The molecule has 0 unspecified atom stereocenters. The van der Waals surface area contributed by atoms with Crippen LogP contribution in [-0.2, 0) is 16.0 Å². The number of nitrogens with one attached hydrogen (secondary N) is 1. The molecule has 0 atom stereocenters. The summed E-state index contributed by atoms with van der Waals surface area (Å²) in [6.45, 7) is 1.80. The highest BCUT2D eigenvalue weighted by atomic mass is 16.7. The minimum atomic E-state index is -0.387. The first-order valence-electron chi connectivity index (χ1n) is 8.91. The number of ether oxygens (including phenoxy) is 2. The van der Waals surface area contributed by atoms with Crippen LogP contribution < -0.4 is 5.32 Å². The van der Waals surface area contributed by atoms with Gasteiger partial charge in [0.05, 0.1) is 19.8 Å². The summed E-state index contributed by atoms with van der Waals surface area (Å²) >= 11 is 0. The molecule has 4 rings (SSSR count). The number of hydrogen-bond donors (Lipinski definition) is 1. The summed E-state index contributed by atoms with van der Waals surface area (Å²) in [6, 6.07) is 9.94. The molecule has 2 aromatic rings. The van der Waals surface area contributed by atoms with Gasteiger partial charge < -0.3 is 24.1 Å². The SMILES string of the molecule is CN(Cc1cc2ccccc2o1)C(=O)NC1CCC2(CC1)OCCO2. The Labute approximate surface area is 147 Å². The van der Waals surface area contributed by atoms with Crippen molar-refractivity contribution in [3.8, 4) is 0 Å². The van der Waals surface area contributed by atoms with Crippen LogP contribution in [0.3, 0.4) is 0 Å². The molecule has 1 spiro atoms. The third kappa shape index (κ3) is 3.50. The number of urea groups is 1. The van der Waals surface area contributed by atoms with Crippen molar-refractivity contribution in [1.82, 2.24) is 10.2 Å². The highest BCUT2D eigenvalue weighted by molar-refractivity contribution is 5.78. The summed E-state index contributed by atoms with van der Waals surface area (Å²) in [4.78, 5) is 14.1. The maximum atomic E-state index is 12.5. The van der Waals surface area contributed by atoms with Crippen molar-refractivity contribution in [1.29, 1.82) is 0 Å². The van der Waals surface area contributed by atoms with E-state index in [-0.39, 0.29) is 17.9 Å². The molecular weight excluding hydrogens is 320 g/mol. The van der Waals surface area contributed by atoms with Gasteiger partial charge in [-0.2, -0.15) is 0 Å². The Morgan fingerprint density at radius 3 is 2.68 bits per heavy atom. The van der Waals surface area contributed by atoms with Gasteiger partial charge in [-0.3, -0.25) is 0 Å². The number of hydrogen-bond acceptors (Lipinski definition) is 4. The zero-order valence-electron chi connectivity index (χ0n) is 14.5. The maximum absolute atomic E-state index is 12.5. The molecule has 1 aromatic carbocycles. The topological polar surface area (TPSA) is 63.9 Å². The first-order chi connectivity index (χ1) is 12.1. The monoisotopic (exact) mass is 344 g/mol. The molecule has 1 saturated heterocycles. The van der Waals surface area contributed by atoms with E-state index in [0.29, 0.717) is 19.8 Å². The van der Waals surface area contributed by atoms with Gasteiger partial charge in [-0.05, 0) is 25.0 Å². The number of nitrogens with zero attached hydrogens (tertiary/aromatic N) is 1. The average Bonchev–Trinajstić information content (AvgIpc) is 3.23. The van der Waals surface area contributed by atoms with E-state index >= 15 is 0 Å². The van der Waals surface area contributed by atoms with Crippen LogP contribution >= 0.6 is 0 Å². The van der Waals surface area contributed by atoms with Crippen LogP contribution in [0.4, 0.5) is 4.79 Å². The first-order valence-corrected chi connectivity index (χ1v) is 8.91. The van der Waals surface area contributed by atoms with Gasteiger partial charge in [0.1, 0.15) is 11.3 Å². The molecule has 0 bridgehead atoms. The summed E-state index contributed by atoms with van der Waals surface area (Å²) in [7, 11) is 1.79. The summed E-state index contributed by atoms with van der Waals surface area (Å²) in [5, 5.41) is 4.17. The van der Waals surface area contributed by atoms with Crippen molar-refractivity contribution in [2.45, 2.75) is 44.1 Å². The standard InChI is InChI=1S/C19H24N2O4/c1-21(13-16-12-14-4-2-3-5-17(14)25-16)18(22)20-15-6-8-19(9-7-15)23-10-11-24-19/h2-5,12,15H,6-11,13H2,1H3,(H,20,22). The highest BCUT2D eigenvalue weighted by Gasteiger charge is 2.40. The minimum Gasteiger partial charge on any atom is -0.459 e. The molecule has 1 saturated carbocycles. The Balaban J connectivity index is 1.30. The third-order valence-electron chi connectivity index (χ3n) is 5.10. The van der Waals surface area contributed by atoms with Gasteiger partial charge >= 0.3 is 6.03 Å². The van der Waals surface area contributed by atoms with Gasteiger partial charge in [0.15, 0.2) is 5.79 Å². The molecule has 2 heterocycles. The molecule has 2 aliphatic rings. The number of amides is 2. The van der Waals surface area contributed by atoms with Crippen LogP contribution in [0, 0.1) is 0 Å². The van der Waals surface area contributed by atoms with E-state index in [9.17, 15) is 4.79 Å². The number of carbonyl (C=O) groups excluding carboxylic acids is 1. The maximum Gasteiger partial charge on any atom is 0.317 e. The number of furan rings is 1. The van der Waals surface area contributed by atoms with Gasteiger partial charge in [-0.15, -0.1) is 0 Å². The van der Waals surface area contributed by atoms with Crippen molar-refractivity contribution in [3.63, 3.8) is 0 Å². The van der Waals surface area contributed by atoms with E-state index in [1.54, 1.807) is 11.9 Å². The van der Waals surface area contributed by atoms with Crippen molar-refractivity contribution in [2.75, 3.05) is 20.3 Å². The molecule has 1 N–H and O–H groups in total. The molecule has 2 fully saturated rings. The Bertz CT molecular complexity index is 708. The fourth-order valence-electron chi connectivity index (χ4n) is 3.69. The molecular formula is C19H24N2O4. The molecule has 2 amide bonds. The number of para-hydroxylation sites is 1. The summed E-state index contributed by atoms with van der Waals surface area (Å²) < 4.78 is 17.3. The summed E-state index contributed by atoms with van der Waals surface area (Å²) in [6.07, 6.45) is 3.44. The van der Waals surface area contributed by atoms with Crippen LogP contribution in [0.1, 0.15) is 31.4 Å². The molecule has 0 radical (unpaired) electrons. The zero-order chi connectivity index (χ0) is 17.3. The van der Waals surface area contributed by atoms with Crippen LogP contribution in [-0.4, -0.2) is 43.0 Å². The number of benzene rings is 1. The van der Waals surface area contributed by atoms with Crippen molar-refractivity contribution in [2.24, 2.45) is 0 Å². The molecule has 1 aromatic heterocycles. The number of carbonyl (C=O) groups is 1. The largest absolute Gasteiger partial charge is 0.459 e. The predicted molar refractivity (Wildman–Crippen MR) is 93.1 cm³/mol. The van der Waals surface area contributed by atoms with Gasteiger partial charge in [0.25, 0.3) is 0 Å². The van der Waals surface area contributed by atoms with Crippen molar-refractivity contribution >= 4 is 17.0 Å². The number of fused-ring (bicyclic) bond motifs is 1. The smallest absolute Gasteiger partial charge is 0.317 e. The molecule has 1 aliphatic carbocycles. The first kappa shape index (κ1) is 16.4. The lowest BCUT2D eigenvalue weighted by molar-refractivity contribution is -0.179. The lowest BCUT2D eigenvalue weighted by Crippen LogP contribution is -2.47. The van der Waals surface area contributed by atoms with Crippen molar-refractivity contribution < 1.29 is 18.7 Å². The minimum absolute atomic E-state index is 0.0744. The lowest BCUT2D eigenvalue weighted by atomic mass is 9.90. The van der Waals surface area contributed by atoms with E-state index < -0.39 is 0 Å². The van der Waals surface area contributed by atoms with Gasteiger partial charge in [0.2, 0.25) is 0 Å². The average molecular weight is 344 g/mol. The zero-order valence-corrected chi connectivity index (χ0v) is 14.5. The van der Waals surface area contributed by atoms with Crippen LogP contribution in [0.5, 0.6) is 0 Å². The second-order valence-corrected chi connectivity index (χ2v) is 6.94. The van der Waals surface area contributed by atoms with Gasteiger partial charge in [-0.1, -0.05) is 18.2 Å². The normalized spacial score (nSPS) is 20.2. The fourth-order valence-corrected chi connectivity index (χ4v) is 3.69. The second-order valence-electron chi connectivity index (χ2n) is 6.94. The Kier molecular flexibility index (Phi) is 4.39. The fraction of sp³-hybridized carbons (Fsp3) is 0.526. The van der Waals surface area contributed by atoms with E-state index in [2.05, 4.69) is 5.32 Å². The third-order valence-corrected chi connectivity index (χ3v) is 5.10. The summed E-state index contributed by atoms with van der Waals surface area (Å²) in [5.74, 6) is 0.399. The van der Waals surface area contributed by atoms with Gasteiger partial charge in [0, 0.05) is 31.3 Å². The predicted octanol–water partition coefficient (Wildman–Crippen LogP) is 3.26. The van der Waals surface area contributed by atoms with E-state index in [1.165, 1.54) is 0 Å². The number of rotatable bonds is 3. The van der Waals surface area contributed by atoms with Crippen molar-refractivity contribution in [3.05, 3.63) is 36.1 Å². The lowest BCUT2D eigenvalue weighted by Gasteiger charge is -2.36. The Morgan fingerprint density at radius 2 is 1.96 bits per heavy atom. The summed E-state index contributed by atoms with van der Waals surface area (Å²) in [5.41, 5.74) is 0.848.